The summed E-state index contributed by atoms with van der Waals surface area (Å²) in [6, 6.07) is 4.69. The Hall–Kier alpha value is -2.37. The van der Waals surface area contributed by atoms with Crippen molar-refractivity contribution in [2.75, 3.05) is 18.4 Å². The Morgan fingerprint density at radius 2 is 1.60 bits per heavy atom. The van der Waals surface area contributed by atoms with Gasteiger partial charge in [-0.05, 0) is 51.8 Å². The van der Waals surface area contributed by atoms with Crippen molar-refractivity contribution in [3.8, 4) is 0 Å². The molecule has 0 fully saturated rings. The number of nitrogens with one attached hydrogen (secondary N) is 1. The van der Waals surface area contributed by atoms with Crippen molar-refractivity contribution >= 4 is 23.5 Å². The van der Waals surface area contributed by atoms with Gasteiger partial charge >= 0.3 is 6.03 Å². The molecule has 136 valence electrons. The van der Waals surface area contributed by atoms with E-state index >= 15 is 0 Å². The van der Waals surface area contributed by atoms with Crippen molar-refractivity contribution in [2.45, 2.75) is 53.0 Å². The predicted molar refractivity (Wildman–Crippen MR) is 97.9 cm³/mol. The minimum Gasteiger partial charge on any atom is -0.325 e. The van der Waals surface area contributed by atoms with Crippen LogP contribution in [0.4, 0.5) is 10.5 Å². The minimum absolute atomic E-state index is 0.187. The number of carbonyl (C=O) groups is 3. The topological polar surface area (TPSA) is 69.7 Å². The van der Waals surface area contributed by atoms with Crippen LogP contribution in [0.3, 0.4) is 0 Å². The maximum atomic E-state index is 12.6. The molecule has 1 heterocycles. The predicted octanol–water partition coefficient (Wildman–Crippen LogP) is 3.74. The number of nitrogens with zero attached hydrogens (tertiary/aromatic N) is 2. The molecule has 4 amide bonds. The first kappa shape index (κ1) is 19.0. The largest absolute Gasteiger partial charge is 0.325 e. The van der Waals surface area contributed by atoms with Crippen LogP contribution in [0, 0.1) is 0 Å². The van der Waals surface area contributed by atoms with E-state index in [0.29, 0.717) is 29.9 Å². The number of carbonyl (C=O) groups excluding carboxylic acids is 3. The van der Waals surface area contributed by atoms with Gasteiger partial charge in [0, 0.05) is 24.3 Å². The van der Waals surface area contributed by atoms with Crippen molar-refractivity contribution in [3.63, 3.8) is 0 Å². The van der Waals surface area contributed by atoms with Crippen LogP contribution in [-0.4, -0.2) is 46.3 Å². The Bertz CT molecular complexity index is 686. The van der Waals surface area contributed by atoms with Crippen LogP contribution in [0.15, 0.2) is 18.2 Å². The zero-order valence-corrected chi connectivity index (χ0v) is 15.7. The molecular weight excluding hydrogens is 318 g/mol. The first-order valence-corrected chi connectivity index (χ1v) is 8.79. The van der Waals surface area contributed by atoms with E-state index in [1.807, 2.05) is 34.6 Å². The Labute approximate surface area is 149 Å². The maximum absolute atomic E-state index is 12.6. The fraction of sp³-hybridized carbons (Fsp3) is 0.526. The standard InChI is InChI=1S/C19H27N3O3/c1-6-10-21(11-7-2)18(25)20-13-8-9-14-15(12-13)17(24)22(16(14)23)19(3,4)5/h8-9,12H,6-7,10-11H2,1-5H3,(H,20,25). The lowest BCUT2D eigenvalue weighted by Crippen LogP contribution is -2.45. The number of fused-ring (bicyclic) bond motifs is 1. The Balaban J connectivity index is 2.23. The average Bonchev–Trinajstić information content (AvgIpc) is 2.78. The van der Waals surface area contributed by atoms with E-state index in [9.17, 15) is 14.4 Å². The number of amides is 4. The van der Waals surface area contributed by atoms with Crippen molar-refractivity contribution in [1.82, 2.24) is 9.80 Å². The van der Waals surface area contributed by atoms with Crippen molar-refractivity contribution < 1.29 is 14.4 Å². The molecule has 1 aromatic carbocycles. The smallest absolute Gasteiger partial charge is 0.321 e. The van der Waals surface area contributed by atoms with E-state index in [0.717, 1.165) is 12.8 Å². The summed E-state index contributed by atoms with van der Waals surface area (Å²) in [6.07, 6.45) is 1.76. The molecule has 0 saturated heterocycles. The molecule has 0 aliphatic carbocycles. The second-order valence-corrected chi connectivity index (χ2v) is 7.29. The third-order valence-electron chi connectivity index (χ3n) is 4.08. The molecule has 0 radical (unpaired) electrons. The molecular formula is C19H27N3O3. The van der Waals surface area contributed by atoms with Gasteiger partial charge in [0.2, 0.25) is 0 Å². The Morgan fingerprint density at radius 1 is 1.04 bits per heavy atom. The van der Waals surface area contributed by atoms with Crippen LogP contribution in [-0.2, 0) is 0 Å². The van der Waals surface area contributed by atoms with Crippen molar-refractivity contribution in [1.29, 1.82) is 0 Å². The van der Waals surface area contributed by atoms with Gasteiger partial charge in [-0.2, -0.15) is 0 Å². The van der Waals surface area contributed by atoms with Gasteiger partial charge in [-0.15, -0.1) is 0 Å². The molecule has 0 aromatic heterocycles. The highest BCUT2D eigenvalue weighted by atomic mass is 16.2. The summed E-state index contributed by atoms with van der Waals surface area (Å²) in [5.74, 6) is -0.605. The lowest BCUT2D eigenvalue weighted by atomic mass is 10.1. The van der Waals surface area contributed by atoms with Crippen LogP contribution in [0.2, 0.25) is 0 Å². The number of imide groups is 1. The summed E-state index contributed by atoms with van der Waals surface area (Å²) in [6.45, 7) is 10.9. The maximum Gasteiger partial charge on any atom is 0.321 e. The van der Waals surface area contributed by atoms with Gasteiger partial charge in [-0.3, -0.25) is 14.5 Å². The van der Waals surface area contributed by atoms with E-state index in [4.69, 9.17) is 0 Å². The number of anilines is 1. The molecule has 25 heavy (non-hydrogen) atoms. The lowest BCUT2D eigenvalue weighted by Gasteiger charge is -2.29. The van der Waals surface area contributed by atoms with Gasteiger partial charge < -0.3 is 10.2 Å². The molecule has 1 aliphatic rings. The van der Waals surface area contributed by atoms with Gasteiger partial charge in [0.05, 0.1) is 11.1 Å². The second kappa shape index (κ2) is 7.25. The molecule has 2 rings (SSSR count). The zero-order chi connectivity index (χ0) is 18.8. The number of urea groups is 1. The molecule has 1 aliphatic heterocycles. The fourth-order valence-corrected chi connectivity index (χ4v) is 2.99. The van der Waals surface area contributed by atoms with Crippen LogP contribution in [0.5, 0.6) is 0 Å². The lowest BCUT2D eigenvalue weighted by molar-refractivity contribution is 0.0507. The van der Waals surface area contributed by atoms with Gasteiger partial charge in [-0.25, -0.2) is 4.79 Å². The molecule has 0 saturated carbocycles. The molecule has 6 nitrogen and oxygen atoms in total. The highest BCUT2D eigenvalue weighted by Crippen LogP contribution is 2.31. The van der Waals surface area contributed by atoms with E-state index in [2.05, 4.69) is 5.32 Å². The molecule has 1 N–H and O–H groups in total. The summed E-state index contributed by atoms with van der Waals surface area (Å²) in [7, 11) is 0. The monoisotopic (exact) mass is 345 g/mol. The first-order valence-electron chi connectivity index (χ1n) is 8.79. The highest BCUT2D eigenvalue weighted by molar-refractivity contribution is 6.22. The number of hydrogen-bond acceptors (Lipinski definition) is 3. The van der Waals surface area contributed by atoms with Gasteiger partial charge in [0.15, 0.2) is 0 Å². The minimum atomic E-state index is -0.588. The molecule has 0 bridgehead atoms. The summed E-state index contributed by atoms with van der Waals surface area (Å²) in [5.41, 5.74) is 0.667. The van der Waals surface area contributed by atoms with Crippen LogP contribution >= 0.6 is 0 Å². The number of hydrogen-bond donors (Lipinski definition) is 1. The SMILES string of the molecule is CCCN(CCC)C(=O)Nc1ccc2c(c1)C(=O)N(C(C)(C)C)C2=O. The Kier molecular flexibility index (Phi) is 5.50. The molecule has 6 heteroatoms. The second-order valence-electron chi connectivity index (χ2n) is 7.29. The van der Waals surface area contributed by atoms with E-state index < -0.39 is 5.54 Å². The first-order chi connectivity index (χ1) is 11.7. The average molecular weight is 345 g/mol. The van der Waals surface area contributed by atoms with Gasteiger partial charge in [-0.1, -0.05) is 13.8 Å². The summed E-state index contributed by atoms with van der Waals surface area (Å²) in [4.78, 5) is 40.5. The normalized spacial score (nSPS) is 13.9. The molecule has 0 atom stereocenters. The van der Waals surface area contributed by atoms with Crippen molar-refractivity contribution in [3.05, 3.63) is 29.3 Å². The third kappa shape index (κ3) is 3.83. The molecule has 1 aromatic rings. The van der Waals surface area contributed by atoms with E-state index in [-0.39, 0.29) is 17.8 Å². The van der Waals surface area contributed by atoms with Gasteiger partial charge in [0.1, 0.15) is 0 Å². The Morgan fingerprint density at radius 3 is 2.12 bits per heavy atom. The van der Waals surface area contributed by atoms with Gasteiger partial charge in [0.25, 0.3) is 11.8 Å². The van der Waals surface area contributed by atoms with Crippen molar-refractivity contribution in [2.24, 2.45) is 0 Å². The molecule has 0 spiro atoms. The highest BCUT2D eigenvalue weighted by Gasteiger charge is 2.41. The zero-order valence-electron chi connectivity index (χ0n) is 15.7. The summed E-state index contributed by atoms with van der Waals surface area (Å²) in [5, 5.41) is 2.84. The van der Waals surface area contributed by atoms with Crippen LogP contribution in [0.25, 0.3) is 0 Å². The third-order valence-corrected chi connectivity index (χ3v) is 4.08. The summed E-state index contributed by atoms with van der Waals surface area (Å²) < 4.78 is 0. The summed E-state index contributed by atoms with van der Waals surface area (Å²) >= 11 is 0. The van der Waals surface area contributed by atoms with Crippen LogP contribution < -0.4 is 5.32 Å². The fourth-order valence-electron chi connectivity index (χ4n) is 2.99. The van der Waals surface area contributed by atoms with Crippen LogP contribution in [0.1, 0.15) is 68.2 Å². The van der Waals surface area contributed by atoms with E-state index in [1.54, 1.807) is 23.1 Å². The van der Waals surface area contributed by atoms with E-state index in [1.165, 1.54) is 4.90 Å². The molecule has 0 unspecified atom stereocenters. The number of benzene rings is 1. The number of rotatable bonds is 5. The quantitative estimate of drug-likeness (QED) is 0.827.